The Labute approximate surface area is 151 Å². The molecule has 1 amide bonds. The molecule has 1 N–H and O–H groups in total. The number of ether oxygens (including phenoxy) is 1. The first-order valence-corrected chi connectivity index (χ1v) is 9.32. The lowest BCUT2D eigenvalue weighted by atomic mass is 9.87. The van der Waals surface area contributed by atoms with Gasteiger partial charge in [-0.05, 0) is 54.8 Å². The number of amides is 1. The quantitative estimate of drug-likeness (QED) is 0.654. The number of thiophene rings is 1. The molecule has 0 fully saturated rings. The molecule has 0 spiro atoms. The second-order valence-electron chi connectivity index (χ2n) is 6.08. The van der Waals surface area contributed by atoms with Crippen LogP contribution in [0.1, 0.15) is 41.8 Å². The molecule has 0 aliphatic heterocycles. The van der Waals surface area contributed by atoms with E-state index in [0.29, 0.717) is 0 Å². The van der Waals surface area contributed by atoms with Gasteiger partial charge in [0.05, 0.1) is 6.04 Å². The van der Waals surface area contributed by atoms with Crippen molar-refractivity contribution in [2.45, 2.75) is 38.3 Å². The van der Waals surface area contributed by atoms with Crippen LogP contribution in [-0.4, -0.2) is 18.0 Å². The van der Waals surface area contributed by atoms with Gasteiger partial charge in [0.1, 0.15) is 0 Å². The van der Waals surface area contributed by atoms with Crippen molar-refractivity contribution in [2.75, 3.05) is 0 Å². The number of aryl methyl sites for hydroxylation is 1. The second-order valence-corrected chi connectivity index (χ2v) is 7.06. The number of carbonyl (C=O) groups excluding carboxylic acids is 2. The maximum absolute atomic E-state index is 12.4. The Bertz CT molecular complexity index is 767. The molecule has 0 bridgehead atoms. The van der Waals surface area contributed by atoms with Gasteiger partial charge in [-0.25, -0.2) is 4.79 Å². The Hall–Kier alpha value is -2.40. The molecular weight excluding hydrogens is 334 g/mol. The summed E-state index contributed by atoms with van der Waals surface area (Å²) in [6.07, 6.45) is 5.21. The molecule has 2 aromatic rings. The monoisotopic (exact) mass is 355 g/mol. The Morgan fingerprint density at radius 2 is 2.12 bits per heavy atom. The van der Waals surface area contributed by atoms with Crippen LogP contribution in [0.4, 0.5) is 0 Å². The Morgan fingerprint density at radius 3 is 2.92 bits per heavy atom. The smallest absolute Gasteiger partial charge is 0.331 e. The van der Waals surface area contributed by atoms with E-state index >= 15 is 0 Å². The average Bonchev–Trinajstić information content (AvgIpc) is 3.14. The molecule has 3 rings (SSSR count). The van der Waals surface area contributed by atoms with Crippen LogP contribution in [0, 0.1) is 0 Å². The van der Waals surface area contributed by atoms with Crippen LogP contribution in [-0.2, 0) is 20.7 Å². The van der Waals surface area contributed by atoms with Gasteiger partial charge < -0.3 is 10.1 Å². The highest BCUT2D eigenvalue weighted by molar-refractivity contribution is 7.10. The molecule has 130 valence electrons. The van der Waals surface area contributed by atoms with Gasteiger partial charge in [0, 0.05) is 11.0 Å². The third kappa shape index (κ3) is 4.57. The summed E-state index contributed by atoms with van der Waals surface area (Å²) in [7, 11) is 0. The largest absolute Gasteiger partial charge is 0.449 e. The summed E-state index contributed by atoms with van der Waals surface area (Å²) in [6, 6.07) is 12.0. The van der Waals surface area contributed by atoms with E-state index < -0.39 is 12.1 Å². The zero-order valence-corrected chi connectivity index (χ0v) is 14.9. The number of hydrogen-bond acceptors (Lipinski definition) is 4. The van der Waals surface area contributed by atoms with Crippen LogP contribution in [0.15, 0.2) is 47.9 Å². The minimum absolute atomic E-state index is 0.0136. The lowest BCUT2D eigenvalue weighted by Gasteiger charge is -2.27. The molecule has 1 aromatic heterocycles. The van der Waals surface area contributed by atoms with Crippen molar-refractivity contribution >= 4 is 29.3 Å². The van der Waals surface area contributed by atoms with Crippen molar-refractivity contribution in [1.82, 2.24) is 5.32 Å². The Balaban J connectivity index is 1.55. The van der Waals surface area contributed by atoms with Crippen molar-refractivity contribution in [3.05, 3.63) is 63.9 Å². The van der Waals surface area contributed by atoms with Crippen LogP contribution >= 0.6 is 11.3 Å². The predicted molar refractivity (Wildman–Crippen MR) is 99.2 cm³/mol. The number of nitrogens with one attached hydrogen (secondary N) is 1. The number of fused-ring (bicyclic) bond motifs is 1. The fourth-order valence-corrected chi connectivity index (χ4v) is 3.61. The first kappa shape index (κ1) is 17.4. The topological polar surface area (TPSA) is 55.4 Å². The van der Waals surface area contributed by atoms with Crippen molar-refractivity contribution in [2.24, 2.45) is 0 Å². The van der Waals surface area contributed by atoms with E-state index in [9.17, 15) is 9.59 Å². The Morgan fingerprint density at radius 1 is 1.28 bits per heavy atom. The molecule has 4 nitrogen and oxygen atoms in total. The lowest BCUT2D eigenvalue weighted by Crippen LogP contribution is -2.39. The number of esters is 1. The number of benzene rings is 1. The number of carbonyl (C=O) groups is 2. The Kier molecular flexibility index (Phi) is 5.66. The summed E-state index contributed by atoms with van der Waals surface area (Å²) < 4.78 is 5.21. The predicted octanol–water partition coefficient (Wildman–Crippen LogP) is 3.89. The second kappa shape index (κ2) is 8.12. The van der Waals surface area contributed by atoms with E-state index in [0.717, 1.165) is 24.1 Å². The summed E-state index contributed by atoms with van der Waals surface area (Å²) in [5, 5.41) is 4.95. The summed E-state index contributed by atoms with van der Waals surface area (Å²) >= 11 is 1.53. The summed E-state index contributed by atoms with van der Waals surface area (Å²) in [5.41, 5.74) is 2.45. The SMILES string of the molecule is CC(OC(=O)/C=C/c1cccs1)C(=O)NC1CCCc2ccccc21. The molecule has 0 radical (unpaired) electrons. The van der Waals surface area contributed by atoms with Crippen LogP contribution < -0.4 is 5.32 Å². The summed E-state index contributed by atoms with van der Waals surface area (Å²) in [6.45, 7) is 1.60. The fourth-order valence-electron chi connectivity index (χ4n) is 3.00. The molecule has 2 atom stereocenters. The van der Waals surface area contributed by atoms with Crippen LogP contribution in [0.2, 0.25) is 0 Å². The maximum atomic E-state index is 12.4. The molecule has 0 saturated carbocycles. The van der Waals surface area contributed by atoms with E-state index in [1.54, 1.807) is 13.0 Å². The van der Waals surface area contributed by atoms with Gasteiger partial charge in [0.2, 0.25) is 0 Å². The van der Waals surface area contributed by atoms with Gasteiger partial charge in [-0.3, -0.25) is 4.79 Å². The first-order valence-electron chi connectivity index (χ1n) is 8.44. The highest BCUT2D eigenvalue weighted by atomic mass is 32.1. The van der Waals surface area contributed by atoms with Gasteiger partial charge in [-0.15, -0.1) is 11.3 Å². The highest BCUT2D eigenvalue weighted by Gasteiger charge is 2.24. The van der Waals surface area contributed by atoms with Gasteiger partial charge in [-0.1, -0.05) is 30.3 Å². The highest BCUT2D eigenvalue weighted by Crippen LogP contribution is 2.29. The normalized spacial score (nSPS) is 17.7. The summed E-state index contributed by atoms with van der Waals surface area (Å²) in [4.78, 5) is 25.2. The van der Waals surface area contributed by atoms with Gasteiger partial charge in [0.15, 0.2) is 6.10 Å². The van der Waals surface area contributed by atoms with E-state index in [4.69, 9.17) is 4.74 Å². The van der Waals surface area contributed by atoms with Crippen LogP contribution in [0.25, 0.3) is 6.08 Å². The van der Waals surface area contributed by atoms with E-state index in [1.165, 1.54) is 28.5 Å². The molecular formula is C20H21NO3S. The van der Waals surface area contributed by atoms with Crippen molar-refractivity contribution in [1.29, 1.82) is 0 Å². The van der Waals surface area contributed by atoms with E-state index in [-0.39, 0.29) is 11.9 Å². The van der Waals surface area contributed by atoms with Crippen molar-refractivity contribution < 1.29 is 14.3 Å². The molecule has 5 heteroatoms. The average molecular weight is 355 g/mol. The third-order valence-electron chi connectivity index (χ3n) is 4.27. The molecule has 1 aliphatic rings. The molecule has 1 aliphatic carbocycles. The number of rotatable bonds is 5. The zero-order chi connectivity index (χ0) is 17.6. The third-order valence-corrected chi connectivity index (χ3v) is 5.11. The van der Waals surface area contributed by atoms with Crippen molar-refractivity contribution in [3.63, 3.8) is 0 Å². The van der Waals surface area contributed by atoms with Gasteiger partial charge >= 0.3 is 5.97 Å². The van der Waals surface area contributed by atoms with Crippen molar-refractivity contribution in [3.8, 4) is 0 Å². The molecule has 1 aromatic carbocycles. The maximum Gasteiger partial charge on any atom is 0.331 e. The number of hydrogen-bond donors (Lipinski definition) is 1. The van der Waals surface area contributed by atoms with Crippen LogP contribution in [0.5, 0.6) is 0 Å². The van der Waals surface area contributed by atoms with Gasteiger partial charge in [-0.2, -0.15) is 0 Å². The van der Waals surface area contributed by atoms with E-state index in [1.807, 2.05) is 29.6 Å². The zero-order valence-electron chi connectivity index (χ0n) is 14.1. The molecule has 0 saturated heterocycles. The molecule has 1 heterocycles. The van der Waals surface area contributed by atoms with Gasteiger partial charge in [0.25, 0.3) is 5.91 Å². The molecule has 25 heavy (non-hydrogen) atoms. The van der Waals surface area contributed by atoms with Crippen LogP contribution in [0.3, 0.4) is 0 Å². The summed E-state index contributed by atoms with van der Waals surface area (Å²) in [5.74, 6) is -0.778. The fraction of sp³-hybridized carbons (Fsp3) is 0.300. The standard InChI is InChI=1S/C20H21NO3S/c1-14(24-19(22)12-11-16-8-5-13-25-16)20(23)21-18-10-4-7-15-6-2-3-9-17(15)18/h2-3,5-6,8-9,11-14,18H,4,7,10H2,1H3,(H,21,23)/b12-11+. The minimum atomic E-state index is -0.824. The molecule has 2 unspecified atom stereocenters. The lowest BCUT2D eigenvalue weighted by molar-refractivity contribution is -0.150. The van der Waals surface area contributed by atoms with E-state index in [2.05, 4.69) is 17.4 Å². The first-order chi connectivity index (χ1) is 12.1. The minimum Gasteiger partial charge on any atom is -0.449 e.